The summed E-state index contributed by atoms with van der Waals surface area (Å²) in [6.45, 7) is 10.2. The standard InChI is InChI=1S/C18H28N2O3/c1-14(2)23-13-17-6-4-5-16(11-17)12-19-18(21)15(3)20-7-9-22-10-8-20/h4-6,11,14-15H,7-10,12-13H2,1-3H3,(H,19,21)/t15-/m1/s1. The molecule has 1 N–H and O–H groups in total. The molecule has 1 aliphatic heterocycles. The van der Waals surface area contributed by atoms with Gasteiger partial charge in [-0.15, -0.1) is 0 Å². The minimum absolute atomic E-state index is 0.0655. The van der Waals surface area contributed by atoms with Crippen molar-refractivity contribution in [3.8, 4) is 0 Å². The van der Waals surface area contributed by atoms with Crippen molar-refractivity contribution in [2.75, 3.05) is 26.3 Å². The van der Waals surface area contributed by atoms with E-state index in [1.807, 2.05) is 39.0 Å². The molecule has 0 radical (unpaired) electrons. The summed E-state index contributed by atoms with van der Waals surface area (Å²) in [5.41, 5.74) is 2.23. The highest BCUT2D eigenvalue weighted by Gasteiger charge is 2.22. The van der Waals surface area contributed by atoms with Crippen molar-refractivity contribution in [1.82, 2.24) is 10.2 Å². The lowest BCUT2D eigenvalue weighted by molar-refractivity contribution is -0.127. The van der Waals surface area contributed by atoms with Crippen molar-refractivity contribution >= 4 is 5.91 Å². The molecule has 1 saturated heterocycles. The molecule has 1 heterocycles. The Balaban J connectivity index is 1.82. The van der Waals surface area contributed by atoms with Crippen LogP contribution in [0.1, 0.15) is 31.9 Å². The van der Waals surface area contributed by atoms with Crippen LogP contribution in [0.15, 0.2) is 24.3 Å². The highest BCUT2D eigenvalue weighted by Crippen LogP contribution is 2.09. The molecule has 5 heteroatoms. The second-order valence-corrected chi connectivity index (χ2v) is 6.22. The Morgan fingerprint density at radius 1 is 1.26 bits per heavy atom. The first-order chi connectivity index (χ1) is 11.1. The fourth-order valence-electron chi connectivity index (χ4n) is 2.56. The lowest BCUT2D eigenvalue weighted by Gasteiger charge is -2.31. The Kier molecular flexibility index (Phi) is 7.02. The highest BCUT2D eigenvalue weighted by molar-refractivity contribution is 5.81. The number of morpholine rings is 1. The quantitative estimate of drug-likeness (QED) is 0.834. The number of benzene rings is 1. The van der Waals surface area contributed by atoms with Crippen molar-refractivity contribution in [3.05, 3.63) is 35.4 Å². The normalized spacial score (nSPS) is 17.2. The fraction of sp³-hybridized carbons (Fsp3) is 0.611. The number of ether oxygens (including phenoxy) is 2. The molecule has 1 fully saturated rings. The molecule has 0 bridgehead atoms. The maximum atomic E-state index is 12.3. The maximum absolute atomic E-state index is 12.3. The summed E-state index contributed by atoms with van der Waals surface area (Å²) in [6.07, 6.45) is 0.215. The van der Waals surface area contributed by atoms with Gasteiger partial charge in [-0.1, -0.05) is 24.3 Å². The predicted octanol–water partition coefficient (Wildman–Crippen LogP) is 1.95. The van der Waals surface area contributed by atoms with E-state index in [0.29, 0.717) is 26.4 Å². The average molecular weight is 320 g/mol. The summed E-state index contributed by atoms with van der Waals surface area (Å²) >= 11 is 0. The number of hydrogen-bond acceptors (Lipinski definition) is 4. The zero-order valence-electron chi connectivity index (χ0n) is 14.4. The van der Waals surface area contributed by atoms with Crippen LogP contribution in [0, 0.1) is 0 Å². The van der Waals surface area contributed by atoms with Crippen molar-refractivity contribution in [2.45, 2.75) is 46.1 Å². The van der Waals surface area contributed by atoms with Crippen molar-refractivity contribution in [3.63, 3.8) is 0 Å². The van der Waals surface area contributed by atoms with Crippen LogP contribution in [0.5, 0.6) is 0 Å². The minimum atomic E-state index is -0.119. The Labute approximate surface area is 139 Å². The number of carbonyl (C=O) groups excluding carboxylic acids is 1. The Morgan fingerprint density at radius 2 is 1.96 bits per heavy atom. The third-order valence-corrected chi connectivity index (χ3v) is 4.01. The fourth-order valence-corrected chi connectivity index (χ4v) is 2.56. The van der Waals surface area contributed by atoms with E-state index in [9.17, 15) is 4.79 Å². The van der Waals surface area contributed by atoms with Crippen LogP contribution in [-0.2, 0) is 27.4 Å². The molecule has 0 saturated carbocycles. The number of amides is 1. The zero-order valence-corrected chi connectivity index (χ0v) is 14.4. The minimum Gasteiger partial charge on any atom is -0.379 e. The summed E-state index contributed by atoms with van der Waals surface area (Å²) in [5.74, 6) is 0.0655. The van der Waals surface area contributed by atoms with Gasteiger partial charge in [-0.05, 0) is 31.9 Å². The Hall–Kier alpha value is -1.43. The van der Waals surface area contributed by atoms with Gasteiger partial charge in [0.1, 0.15) is 0 Å². The molecule has 2 rings (SSSR count). The Morgan fingerprint density at radius 3 is 2.65 bits per heavy atom. The van der Waals surface area contributed by atoms with Gasteiger partial charge in [-0.25, -0.2) is 0 Å². The van der Waals surface area contributed by atoms with Crippen LogP contribution >= 0.6 is 0 Å². The van der Waals surface area contributed by atoms with E-state index in [0.717, 1.165) is 24.2 Å². The molecular formula is C18H28N2O3. The summed E-state index contributed by atoms with van der Waals surface area (Å²) in [4.78, 5) is 14.5. The molecule has 0 unspecified atom stereocenters. The largest absolute Gasteiger partial charge is 0.379 e. The van der Waals surface area contributed by atoms with Crippen molar-refractivity contribution < 1.29 is 14.3 Å². The van der Waals surface area contributed by atoms with Gasteiger partial charge in [0.05, 0.1) is 32.0 Å². The summed E-state index contributed by atoms with van der Waals surface area (Å²) in [6, 6.07) is 8.04. The van der Waals surface area contributed by atoms with E-state index in [1.54, 1.807) is 0 Å². The topological polar surface area (TPSA) is 50.8 Å². The molecule has 1 atom stereocenters. The van der Waals surface area contributed by atoms with E-state index < -0.39 is 0 Å². The first-order valence-corrected chi connectivity index (χ1v) is 8.35. The molecule has 1 aromatic carbocycles. The summed E-state index contributed by atoms with van der Waals surface area (Å²) in [7, 11) is 0. The number of nitrogens with zero attached hydrogens (tertiary/aromatic N) is 1. The van der Waals surface area contributed by atoms with Crippen molar-refractivity contribution in [1.29, 1.82) is 0 Å². The third-order valence-electron chi connectivity index (χ3n) is 4.01. The van der Waals surface area contributed by atoms with Crippen molar-refractivity contribution in [2.24, 2.45) is 0 Å². The number of carbonyl (C=O) groups is 1. The average Bonchev–Trinajstić information content (AvgIpc) is 2.58. The molecule has 1 aromatic rings. The molecular weight excluding hydrogens is 292 g/mol. The molecule has 0 aromatic heterocycles. The molecule has 0 spiro atoms. The van der Waals surface area contributed by atoms with E-state index >= 15 is 0 Å². The second-order valence-electron chi connectivity index (χ2n) is 6.22. The first-order valence-electron chi connectivity index (χ1n) is 8.35. The van der Waals surface area contributed by atoms with Gasteiger partial charge in [-0.2, -0.15) is 0 Å². The molecule has 1 aliphatic rings. The predicted molar refractivity (Wildman–Crippen MR) is 90.1 cm³/mol. The molecule has 128 valence electrons. The summed E-state index contributed by atoms with van der Waals surface area (Å²) in [5, 5.41) is 3.03. The first kappa shape index (κ1) is 17.9. The SMILES string of the molecule is CC(C)OCc1cccc(CNC(=O)[C@@H](C)N2CCOCC2)c1. The molecule has 0 aliphatic carbocycles. The van der Waals surface area contributed by atoms with E-state index in [4.69, 9.17) is 9.47 Å². The van der Waals surface area contributed by atoms with Gasteiger partial charge in [0.2, 0.25) is 5.91 Å². The Bertz CT molecular complexity index is 499. The number of nitrogens with one attached hydrogen (secondary N) is 1. The van der Waals surface area contributed by atoms with E-state index in [-0.39, 0.29) is 18.1 Å². The number of hydrogen-bond donors (Lipinski definition) is 1. The van der Waals surface area contributed by atoms with Crippen LogP contribution in [0.25, 0.3) is 0 Å². The smallest absolute Gasteiger partial charge is 0.237 e. The lowest BCUT2D eigenvalue weighted by Crippen LogP contribution is -2.49. The van der Waals surface area contributed by atoms with E-state index in [2.05, 4.69) is 16.3 Å². The maximum Gasteiger partial charge on any atom is 0.237 e. The highest BCUT2D eigenvalue weighted by atomic mass is 16.5. The molecule has 1 amide bonds. The monoisotopic (exact) mass is 320 g/mol. The van der Waals surface area contributed by atoms with Crippen LogP contribution in [0.2, 0.25) is 0 Å². The second kappa shape index (κ2) is 9.01. The molecule has 23 heavy (non-hydrogen) atoms. The van der Waals surface area contributed by atoms with Gasteiger partial charge in [0.25, 0.3) is 0 Å². The van der Waals surface area contributed by atoms with Crippen LogP contribution < -0.4 is 5.32 Å². The van der Waals surface area contributed by atoms with Gasteiger partial charge >= 0.3 is 0 Å². The third kappa shape index (κ3) is 5.94. The van der Waals surface area contributed by atoms with E-state index in [1.165, 1.54) is 0 Å². The van der Waals surface area contributed by atoms with Crippen LogP contribution in [-0.4, -0.2) is 49.3 Å². The van der Waals surface area contributed by atoms with Gasteiger partial charge in [0.15, 0.2) is 0 Å². The number of rotatable bonds is 7. The van der Waals surface area contributed by atoms with Crippen LogP contribution in [0.4, 0.5) is 0 Å². The van der Waals surface area contributed by atoms with Gasteiger partial charge in [0, 0.05) is 19.6 Å². The van der Waals surface area contributed by atoms with Crippen LogP contribution in [0.3, 0.4) is 0 Å². The zero-order chi connectivity index (χ0) is 16.7. The lowest BCUT2D eigenvalue weighted by atomic mass is 10.1. The van der Waals surface area contributed by atoms with Gasteiger partial charge < -0.3 is 14.8 Å². The molecule has 5 nitrogen and oxygen atoms in total. The summed E-state index contributed by atoms with van der Waals surface area (Å²) < 4.78 is 10.9. The van der Waals surface area contributed by atoms with Gasteiger partial charge in [-0.3, -0.25) is 9.69 Å².